The maximum atomic E-state index is 8.44. The van der Waals surface area contributed by atoms with Gasteiger partial charge >= 0.3 is 0 Å². The lowest BCUT2D eigenvalue weighted by Crippen LogP contribution is -2.19. The molecular weight excluding hydrogens is 138 g/mol. The molecule has 1 unspecified atom stereocenters. The topological polar surface area (TPSA) is 32.7 Å². The van der Waals surface area contributed by atoms with Crippen LogP contribution in [0.15, 0.2) is 0 Å². The maximum Gasteiger partial charge on any atom is 0.144 e. The molecule has 0 aromatic carbocycles. The highest BCUT2D eigenvalue weighted by atomic mass is 35.5. The Hall–Kier alpha value is 0.520. The molecule has 0 heterocycles. The first-order chi connectivity index (χ1) is 3.18. The van der Waals surface area contributed by atoms with Gasteiger partial charge in [-0.05, 0) is 6.92 Å². The zero-order valence-electron chi connectivity index (χ0n) is 3.71. The van der Waals surface area contributed by atoms with Crippen molar-refractivity contribution in [1.29, 1.82) is 0 Å². The minimum absolute atomic E-state index is 0.684. The minimum Gasteiger partial charge on any atom is -0.375 e. The summed E-state index contributed by atoms with van der Waals surface area (Å²) in [6.07, 6.45) is -0.834. The van der Waals surface area contributed by atoms with E-state index < -0.39 is 6.23 Å². The van der Waals surface area contributed by atoms with E-state index in [9.17, 15) is 0 Å². The third-order valence-electron chi connectivity index (χ3n) is 0.372. The molecule has 0 radical (unpaired) electrons. The van der Waals surface area contributed by atoms with E-state index in [2.05, 4.69) is 17.2 Å². The Morgan fingerprint density at radius 1 is 2.00 bits per heavy atom. The molecule has 1 atom stereocenters. The first-order valence-corrected chi connectivity index (χ1v) is 2.33. The molecule has 44 valence electrons. The van der Waals surface area contributed by atoms with Crippen LogP contribution in [0, 0.1) is 0 Å². The van der Waals surface area contributed by atoms with Gasteiger partial charge in [0.2, 0.25) is 0 Å². The van der Waals surface area contributed by atoms with E-state index in [-0.39, 0.29) is 0 Å². The standard InChI is InChI=1S/C2H6ClNO2S/c1-2(5)4(3)6-7/h2,5,7H,1H3. The van der Waals surface area contributed by atoms with Gasteiger partial charge in [-0.25, -0.2) is 4.28 Å². The number of nitrogens with zero attached hydrogens (tertiary/aromatic N) is 1. The van der Waals surface area contributed by atoms with Crippen LogP contribution >= 0.6 is 24.7 Å². The van der Waals surface area contributed by atoms with Crippen LogP contribution in [0.5, 0.6) is 0 Å². The van der Waals surface area contributed by atoms with Crippen molar-refractivity contribution in [2.75, 3.05) is 0 Å². The van der Waals surface area contributed by atoms with Crippen molar-refractivity contribution in [3.05, 3.63) is 0 Å². The van der Waals surface area contributed by atoms with Gasteiger partial charge in [0.15, 0.2) is 0 Å². The summed E-state index contributed by atoms with van der Waals surface area (Å²) in [4.78, 5) is 0. The van der Waals surface area contributed by atoms with E-state index in [1.54, 1.807) is 0 Å². The van der Waals surface area contributed by atoms with Crippen molar-refractivity contribution in [3.63, 3.8) is 0 Å². The van der Waals surface area contributed by atoms with Crippen LogP contribution in [0.3, 0.4) is 0 Å². The summed E-state index contributed by atoms with van der Waals surface area (Å²) < 4.78 is 4.74. The number of halogens is 1. The van der Waals surface area contributed by atoms with Crippen LogP contribution in [0.4, 0.5) is 0 Å². The van der Waals surface area contributed by atoms with Crippen molar-refractivity contribution >= 4 is 24.7 Å². The molecule has 5 heteroatoms. The van der Waals surface area contributed by atoms with Gasteiger partial charge in [0.05, 0.1) is 0 Å². The third kappa shape index (κ3) is 3.13. The Bertz CT molecular complexity index is 53.0. The van der Waals surface area contributed by atoms with Gasteiger partial charge in [0.1, 0.15) is 6.23 Å². The van der Waals surface area contributed by atoms with Gasteiger partial charge in [0, 0.05) is 24.7 Å². The number of rotatable bonds is 2. The summed E-state index contributed by atoms with van der Waals surface area (Å²) in [5.41, 5.74) is 0. The van der Waals surface area contributed by atoms with Crippen LogP contribution < -0.4 is 0 Å². The SMILES string of the molecule is CC(O)N(Cl)OS. The number of aliphatic hydroxyl groups is 1. The predicted octanol–water partition coefficient (Wildman–Crippen LogP) is 0.557. The lowest BCUT2D eigenvalue weighted by atomic mass is 10.7. The third-order valence-corrected chi connectivity index (χ3v) is 0.995. The second-order valence-corrected chi connectivity index (χ2v) is 1.48. The van der Waals surface area contributed by atoms with Crippen molar-refractivity contribution in [3.8, 4) is 0 Å². The van der Waals surface area contributed by atoms with Crippen LogP contribution in [0.25, 0.3) is 0 Å². The number of thiol groups is 1. The molecular formula is C2H6ClNO2S. The van der Waals surface area contributed by atoms with E-state index in [0.29, 0.717) is 4.58 Å². The van der Waals surface area contributed by atoms with E-state index in [1.807, 2.05) is 0 Å². The zero-order chi connectivity index (χ0) is 5.86. The molecule has 0 saturated heterocycles. The molecule has 1 N–H and O–H groups in total. The predicted molar refractivity (Wildman–Crippen MR) is 29.4 cm³/mol. The van der Waals surface area contributed by atoms with Crippen LogP contribution in [-0.4, -0.2) is 15.9 Å². The van der Waals surface area contributed by atoms with Crippen molar-refractivity contribution in [2.45, 2.75) is 13.2 Å². The molecule has 0 aromatic heterocycles. The van der Waals surface area contributed by atoms with Gasteiger partial charge in [-0.15, -0.1) is 0 Å². The molecule has 0 rings (SSSR count). The average molecular weight is 144 g/mol. The summed E-state index contributed by atoms with van der Waals surface area (Å²) in [5.74, 6) is 0. The Morgan fingerprint density at radius 3 is 2.43 bits per heavy atom. The monoisotopic (exact) mass is 143 g/mol. The summed E-state index contributed by atoms with van der Waals surface area (Å²) in [6.45, 7) is 1.45. The van der Waals surface area contributed by atoms with E-state index in [4.69, 9.17) is 16.9 Å². The molecule has 0 fully saturated rings. The van der Waals surface area contributed by atoms with Crippen LogP contribution in [0.1, 0.15) is 6.92 Å². The maximum absolute atomic E-state index is 8.44. The lowest BCUT2D eigenvalue weighted by Gasteiger charge is -2.09. The van der Waals surface area contributed by atoms with Crippen LogP contribution in [0.2, 0.25) is 0 Å². The van der Waals surface area contributed by atoms with E-state index >= 15 is 0 Å². The Morgan fingerprint density at radius 2 is 2.43 bits per heavy atom. The zero-order valence-corrected chi connectivity index (χ0v) is 5.36. The molecule has 0 aromatic rings. The molecule has 0 amide bonds. The summed E-state index contributed by atoms with van der Waals surface area (Å²) in [7, 11) is 0. The highest BCUT2D eigenvalue weighted by Gasteiger charge is 2.03. The molecule has 0 spiro atoms. The number of aliphatic hydroxyl groups excluding tert-OH is 1. The second-order valence-electron chi connectivity index (χ2n) is 0.986. The summed E-state index contributed by atoms with van der Waals surface area (Å²) >= 11 is 8.37. The van der Waals surface area contributed by atoms with Gasteiger partial charge in [0.25, 0.3) is 0 Å². The number of hydrogen-bond acceptors (Lipinski definition) is 4. The fourth-order valence-corrected chi connectivity index (χ4v) is 0.205. The first kappa shape index (κ1) is 7.52. The Kier molecular flexibility index (Phi) is 3.77. The molecule has 0 bridgehead atoms. The second kappa shape index (κ2) is 3.51. The smallest absolute Gasteiger partial charge is 0.144 e. The molecule has 0 aliphatic heterocycles. The molecule has 0 aliphatic rings. The van der Waals surface area contributed by atoms with Gasteiger partial charge in [-0.3, -0.25) is 0 Å². The van der Waals surface area contributed by atoms with Gasteiger partial charge in [-0.2, -0.15) is 0 Å². The largest absolute Gasteiger partial charge is 0.375 e. The van der Waals surface area contributed by atoms with E-state index in [0.717, 1.165) is 0 Å². The Balaban J connectivity index is 3.14. The molecule has 0 saturated carbocycles. The number of hydroxylamine groups is 1. The van der Waals surface area contributed by atoms with Crippen LogP contribution in [-0.2, 0) is 4.28 Å². The van der Waals surface area contributed by atoms with Crippen molar-refractivity contribution in [2.24, 2.45) is 0 Å². The summed E-state index contributed by atoms with van der Waals surface area (Å²) in [5, 5.41) is 8.44. The average Bonchev–Trinajstić information content (AvgIpc) is 1.65. The van der Waals surface area contributed by atoms with Gasteiger partial charge in [-0.1, -0.05) is 4.58 Å². The molecule has 3 nitrogen and oxygen atoms in total. The quantitative estimate of drug-likeness (QED) is 0.195. The lowest BCUT2D eigenvalue weighted by molar-refractivity contribution is -0.0719. The highest BCUT2D eigenvalue weighted by molar-refractivity contribution is 7.75. The normalized spacial score (nSPS) is 15.0. The van der Waals surface area contributed by atoms with Gasteiger partial charge < -0.3 is 5.11 Å². The fourth-order valence-electron chi connectivity index (χ4n) is 0.0682. The van der Waals surface area contributed by atoms with E-state index in [1.165, 1.54) is 6.92 Å². The number of hydrogen-bond donors (Lipinski definition) is 2. The highest BCUT2D eigenvalue weighted by Crippen LogP contribution is 2.01. The minimum atomic E-state index is -0.834. The molecule has 7 heavy (non-hydrogen) atoms. The fraction of sp³-hybridized carbons (Fsp3) is 1.00. The summed E-state index contributed by atoms with van der Waals surface area (Å²) in [6, 6.07) is 0. The van der Waals surface area contributed by atoms with Crippen molar-refractivity contribution in [1.82, 2.24) is 4.58 Å². The Labute approximate surface area is 52.5 Å². The molecule has 0 aliphatic carbocycles. The van der Waals surface area contributed by atoms with Crippen molar-refractivity contribution < 1.29 is 9.39 Å². The first-order valence-electron chi connectivity index (χ1n) is 1.63.